The molecular formula is C14H11BrF3N. The van der Waals surface area contributed by atoms with Crippen LogP contribution in [-0.4, -0.2) is 0 Å². The molecule has 0 amide bonds. The molecule has 0 atom stereocenters. The van der Waals surface area contributed by atoms with Gasteiger partial charge in [0.25, 0.3) is 0 Å². The number of hydrogen-bond acceptors (Lipinski definition) is 1. The fourth-order valence-corrected chi connectivity index (χ4v) is 2.08. The highest BCUT2D eigenvalue weighted by molar-refractivity contribution is 9.10. The van der Waals surface area contributed by atoms with Crippen molar-refractivity contribution in [3.05, 3.63) is 63.4 Å². The Bertz CT molecular complexity index is 614. The van der Waals surface area contributed by atoms with Gasteiger partial charge in [-0.1, -0.05) is 12.1 Å². The van der Waals surface area contributed by atoms with E-state index >= 15 is 0 Å². The van der Waals surface area contributed by atoms with Gasteiger partial charge in [-0.2, -0.15) is 0 Å². The van der Waals surface area contributed by atoms with Crippen LogP contribution in [0.3, 0.4) is 0 Å². The number of nitrogens with one attached hydrogen (secondary N) is 1. The summed E-state index contributed by atoms with van der Waals surface area (Å²) in [6.07, 6.45) is 0. The van der Waals surface area contributed by atoms with Gasteiger partial charge in [0.05, 0.1) is 4.47 Å². The Kier molecular flexibility index (Phi) is 4.14. The van der Waals surface area contributed by atoms with Gasteiger partial charge in [-0.25, -0.2) is 13.2 Å². The first-order valence-corrected chi connectivity index (χ1v) is 6.40. The fourth-order valence-electron chi connectivity index (χ4n) is 1.66. The van der Waals surface area contributed by atoms with Crippen LogP contribution >= 0.6 is 15.9 Å². The topological polar surface area (TPSA) is 12.0 Å². The van der Waals surface area contributed by atoms with Crippen LogP contribution in [0, 0.1) is 24.4 Å². The zero-order chi connectivity index (χ0) is 14.0. The zero-order valence-corrected chi connectivity index (χ0v) is 11.7. The third-order valence-electron chi connectivity index (χ3n) is 2.74. The predicted octanol–water partition coefficient (Wildman–Crippen LogP) is 4.79. The number of hydrogen-bond donors (Lipinski definition) is 1. The van der Waals surface area contributed by atoms with Gasteiger partial charge in [0.1, 0.15) is 17.3 Å². The summed E-state index contributed by atoms with van der Waals surface area (Å²) >= 11 is 3.06. The van der Waals surface area contributed by atoms with Crippen LogP contribution in [0.5, 0.6) is 0 Å². The molecule has 5 heteroatoms. The third-order valence-corrected chi connectivity index (χ3v) is 3.35. The van der Waals surface area contributed by atoms with Crippen molar-refractivity contribution in [3.63, 3.8) is 0 Å². The Morgan fingerprint density at radius 3 is 2.42 bits per heavy atom. The average Bonchev–Trinajstić information content (AvgIpc) is 2.38. The van der Waals surface area contributed by atoms with E-state index < -0.39 is 11.6 Å². The summed E-state index contributed by atoms with van der Waals surface area (Å²) in [6.45, 7) is 1.77. The second kappa shape index (κ2) is 5.65. The first-order valence-electron chi connectivity index (χ1n) is 5.61. The van der Waals surface area contributed by atoms with Gasteiger partial charge in [-0.3, -0.25) is 0 Å². The van der Waals surface area contributed by atoms with Gasteiger partial charge in [0, 0.05) is 6.54 Å². The monoisotopic (exact) mass is 329 g/mol. The molecule has 0 bridgehead atoms. The highest BCUT2D eigenvalue weighted by atomic mass is 79.9. The zero-order valence-electron chi connectivity index (χ0n) is 10.1. The van der Waals surface area contributed by atoms with Gasteiger partial charge in [-0.05, 0) is 52.2 Å². The van der Waals surface area contributed by atoms with Gasteiger partial charge < -0.3 is 5.32 Å². The summed E-state index contributed by atoms with van der Waals surface area (Å²) in [4.78, 5) is 0. The quantitative estimate of drug-likeness (QED) is 0.853. The molecule has 2 rings (SSSR count). The Balaban J connectivity index is 2.19. The minimum atomic E-state index is -0.649. The normalized spacial score (nSPS) is 10.6. The molecule has 0 aliphatic carbocycles. The van der Waals surface area contributed by atoms with Crippen molar-refractivity contribution in [3.8, 4) is 0 Å². The van der Waals surface area contributed by atoms with Crippen LogP contribution in [0.15, 0.2) is 34.8 Å². The van der Waals surface area contributed by atoms with Crippen molar-refractivity contribution in [2.75, 3.05) is 5.32 Å². The molecule has 2 aromatic rings. The van der Waals surface area contributed by atoms with E-state index in [1.54, 1.807) is 19.1 Å². The second-order valence-corrected chi connectivity index (χ2v) is 5.01. The molecule has 0 spiro atoms. The van der Waals surface area contributed by atoms with E-state index in [2.05, 4.69) is 21.2 Å². The lowest BCUT2D eigenvalue weighted by atomic mass is 10.1. The SMILES string of the molecule is Cc1ccc(F)c(NCc2ccc(F)c(Br)c2)c1F. The van der Waals surface area contributed by atoms with Gasteiger partial charge in [0.2, 0.25) is 0 Å². The lowest BCUT2D eigenvalue weighted by molar-refractivity contribution is 0.582. The highest BCUT2D eigenvalue weighted by Crippen LogP contribution is 2.23. The molecule has 0 saturated heterocycles. The predicted molar refractivity (Wildman–Crippen MR) is 72.5 cm³/mol. The van der Waals surface area contributed by atoms with E-state index in [4.69, 9.17) is 0 Å². The largest absolute Gasteiger partial charge is 0.376 e. The van der Waals surface area contributed by atoms with Crippen LogP contribution in [0.2, 0.25) is 0 Å². The van der Waals surface area contributed by atoms with Crippen LogP contribution < -0.4 is 5.32 Å². The van der Waals surface area contributed by atoms with Crippen molar-refractivity contribution in [1.82, 2.24) is 0 Å². The summed E-state index contributed by atoms with van der Waals surface area (Å²) in [5.41, 5.74) is 0.915. The fraction of sp³-hybridized carbons (Fsp3) is 0.143. The Hall–Kier alpha value is -1.49. The molecular weight excluding hydrogens is 319 g/mol. The molecule has 1 N–H and O–H groups in total. The molecule has 0 fully saturated rings. The van der Waals surface area contributed by atoms with Crippen LogP contribution in [0.25, 0.3) is 0 Å². The molecule has 0 saturated carbocycles. The molecule has 19 heavy (non-hydrogen) atoms. The summed E-state index contributed by atoms with van der Waals surface area (Å²) in [5.74, 6) is -1.64. The number of halogens is 4. The molecule has 0 heterocycles. The molecule has 0 aromatic heterocycles. The molecule has 0 radical (unpaired) electrons. The summed E-state index contributed by atoms with van der Waals surface area (Å²) < 4.78 is 40.6. The van der Waals surface area contributed by atoms with E-state index in [9.17, 15) is 13.2 Å². The molecule has 0 aliphatic heterocycles. The van der Waals surface area contributed by atoms with E-state index in [1.165, 1.54) is 18.2 Å². The second-order valence-electron chi connectivity index (χ2n) is 4.16. The third kappa shape index (κ3) is 3.10. The smallest absolute Gasteiger partial charge is 0.152 e. The summed E-state index contributed by atoms with van der Waals surface area (Å²) in [7, 11) is 0. The van der Waals surface area contributed by atoms with E-state index in [1.807, 2.05) is 0 Å². The molecule has 0 unspecified atom stereocenters. The van der Waals surface area contributed by atoms with Crippen LogP contribution in [-0.2, 0) is 6.54 Å². The van der Waals surface area contributed by atoms with E-state index in [0.717, 1.165) is 0 Å². The minimum absolute atomic E-state index is 0.166. The maximum absolute atomic E-state index is 13.7. The van der Waals surface area contributed by atoms with Crippen molar-refractivity contribution in [2.24, 2.45) is 0 Å². The molecule has 0 aliphatic rings. The van der Waals surface area contributed by atoms with E-state index in [0.29, 0.717) is 15.6 Å². The highest BCUT2D eigenvalue weighted by Gasteiger charge is 2.11. The number of anilines is 1. The van der Waals surface area contributed by atoms with Gasteiger partial charge >= 0.3 is 0 Å². The van der Waals surface area contributed by atoms with Crippen molar-refractivity contribution >= 4 is 21.6 Å². The van der Waals surface area contributed by atoms with Gasteiger partial charge in [0.15, 0.2) is 5.82 Å². The van der Waals surface area contributed by atoms with E-state index in [-0.39, 0.29) is 18.0 Å². The average molecular weight is 330 g/mol. The molecule has 1 nitrogen and oxygen atoms in total. The maximum Gasteiger partial charge on any atom is 0.152 e. The number of aryl methyl sites for hydroxylation is 1. The standard InChI is InChI=1S/C14H11BrF3N/c1-8-2-4-12(17)14(13(8)18)19-7-9-3-5-11(16)10(15)6-9/h2-6,19H,7H2,1H3. The van der Waals surface area contributed by atoms with Gasteiger partial charge in [-0.15, -0.1) is 0 Å². The summed E-state index contributed by atoms with van der Waals surface area (Å²) in [6, 6.07) is 7.00. The first kappa shape index (κ1) is 13.9. The van der Waals surface area contributed by atoms with Crippen molar-refractivity contribution in [2.45, 2.75) is 13.5 Å². The van der Waals surface area contributed by atoms with Crippen molar-refractivity contribution in [1.29, 1.82) is 0 Å². The Morgan fingerprint density at radius 2 is 1.74 bits per heavy atom. The lowest BCUT2D eigenvalue weighted by Gasteiger charge is -2.10. The first-order chi connectivity index (χ1) is 8.99. The lowest BCUT2D eigenvalue weighted by Crippen LogP contribution is -2.05. The molecule has 100 valence electrons. The number of benzene rings is 2. The van der Waals surface area contributed by atoms with Crippen LogP contribution in [0.4, 0.5) is 18.9 Å². The maximum atomic E-state index is 13.7. The molecule has 2 aromatic carbocycles. The van der Waals surface area contributed by atoms with Crippen LogP contribution in [0.1, 0.15) is 11.1 Å². The minimum Gasteiger partial charge on any atom is -0.376 e. The Labute approximate surface area is 117 Å². The Morgan fingerprint density at radius 1 is 1.05 bits per heavy atom. The number of rotatable bonds is 3. The van der Waals surface area contributed by atoms with Crippen molar-refractivity contribution < 1.29 is 13.2 Å². The summed E-state index contributed by atoms with van der Waals surface area (Å²) in [5, 5.41) is 2.69.